The predicted molar refractivity (Wildman–Crippen MR) is 134 cm³/mol. The maximum Gasteiger partial charge on any atom is 0.310 e. The second kappa shape index (κ2) is 10.1. The topological polar surface area (TPSA) is 119 Å². The number of para-hydroxylation sites is 1. The van der Waals surface area contributed by atoms with E-state index in [1.807, 2.05) is 48.5 Å². The van der Waals surface area contributed by atoms with Crippen LogP contribution in [0.5, 0.6) is 28.7 Å². The maximum absolute atomic E-state index is 12.7. The molecule has 3 aromatic carbocycles. The van der Waals surface area contributed by atoms with E-state index in [1.54, 1.807) is 20.3 Å². The molecule has 0 amide bonds. The highest BCUT2D eigenvalue weighted by atomic mass is 16.7. The van der Waals surface area contributed by atoms with Crippen molar-refractivity contribution in [1.29, 1.82) is 0 Å². The van der Waals surface area contributed by atoms with Gasteiger partial charge in [-0.3, -0.25) is 4.79 Å². The predicted octanol–water partition coefficient (Wildman–Crippen LogP) is 3.68. The number of hydrogen-bond donors (Lipinski definition) is 2. The van der Waals surface area contributed by atoms with Crippen LogP contribution >= 0.6 is 0 Å². The van der Waals surface area contributed by atoms with Crippen LogP contribution in [0.1, 0.15) is 28.7 Å². The number of rotatable bonds is 4. The van der Waals surface area contributed by atoms with Crippen LogP contribution in [0.2, 0.25) is 0 Å². The van der Waals surface area contributed by atoms with Crippen LogP contribution < -0.4 is 29.4 Å². The highest BCUT2D eigenvalue weighted by Crippen LogP contribution is 2.55. The number of methoxy groups -OCH3 is 3. The SMILES string of the molecule is COc1cc([C@@H]2c3cc4c(cc3[C@H](O)[C@H]3COC(=O)[C@H]23)OCO4)cc(OC)c1OC.Nc1ccccc1. The molecule has 9 heteroatoms. The zero-order valence-electron chi connectivity index (χ0n) is 20.8. The van der Waals surface area contributed by atoms with Crippen molar-refractivity contribution in [1.82, 2.24) is 0 Å². The Morgan fingerprint density at radius 3 is 2.03 bits per heavy atom. The highest BCUT2D eigenvalue weighted by Gasteiger charge is 2.52. The van der Waals surface area contributed by atoms with Crippen LogP contribution in [0.3, 0.4) is 0 Å². The van der Waals surface area contributed by atoms with E-state index in [4.69, 9.17) is 34.2 Å². The molecule has 9 nitrogen and oxygen atoms in total. The van der Waals surface area contributed by atoms with Gasteiger partial charge in [-0.1, -0.05) is 18.2 Å². The lowest BCUT2D eigenvalue weighted by Gasteiger charge is -2.37. The highest BCUT2D eigenvalue weighted by molar-refractivity contribution is 5.79. The van der Waals surface area contributed by atoms with Crippen LogP contribution in [-0.2, 0) is 9.53 Å². The molecule has 1 saturated heterocycles. The number of aliphatic hydroxyl groups excluding tert-OH is 1. The van der Waals surface area contributed by atoms with Gasteiger partial charge in [0.2, 0.25) is 12.5 Å². The summed E-state index contributed by atoms with van der Waals surface area (Å²) in [5, 5.41) is 11.0. The fraction of sp³-hybridized carbons (Fsp3) is 0.321. The monoisotopic (exact) mass is 507 g/mol. The first-order valence-electron chi connectivity index (χ1n) is 11.8. The van der Waals surface area contributed by atoms with E-state index in [1.165, 1.54) is 7.11 Å². The molecule has 37 heavy (non-hydrogen) atoms. The summed E-state index contributed by atoms with van der Waals surface area (Å²) >= 11 is 0. The third-order valence-corrected chi connectivity index (χ3v) is 6.99. The number of esters is 1. The zero-order valence-corrected chi connectivity index (χ0v) is 20.8. The van der Waals surface area contributed by atoms with Crippen molar-refractivity contribution in [2.45, 2.75) is 12.0 Å². The summed E-state index contributed by atoms with van der Waals surface area (Å²) in [7, 11) is 4.63. The van der Waals surface area contributed by atoms with E-state index in [2.05, 4.69) is 0 Å². The average Bonchev–Trinajstić information content (AvgIpc) is 3.54. The van der Waals surface area contributed by atoms with Crippen molar-refractivity contribution in [2.24, 2.45) is 11.8 Å². The number of cyclic esters (lactones) is 1. The molecule has 4 atom stereocenters. The molecule has 194 valence electrons. The summed E-state index contributed by atoms with van der Waals surface area (Å²) < 4.78 is 32.9. The molecule has 3 N–H and O–H groups in total. The van der Waals surface area contributed by atoms with E-state index in [0.29, 0.717) is 34.3 Å². The first kappa shape index (κ1) is 24.6. The number of ether oxygens (including phenoxy) is 6. The number of benzene rings is 3. The first-order chi connectivity index (χ1) is 18.0. The fourth-order valence-corrected chi connectivity index (χ4v) is 5.27. The van der Waals surface area contributed by atoms with Crippen LogP contribution in [0.15, 0.2) is 54.6 Å². The number of anilines is 1. The van der Waals surface area contributed by atoms with Gasteiger partial charge in [-0.25, -0.2) is 0 Å². The molecule has 0 bridgehead atoms. The molecule has 3 aromatic rings. The van der Waals surface area contributed by atoms with Gasteiger partial charge in [0.05, 0.1) is 40.0 Å². The Kier molecular flexibility index (Phi) is 6.71. The Morgan fingerprint density at radius 1 is 0.865 bits per heavy atom. The van der Waals surface area contributed by atoms with Gasteiger partial charge < -0.3 is 39.3 Å². The minimum Gasteiger partial charge on any atom is -0.493 e. The minimum atomic E-state index is -0.843. The van der Waals surface area contributed by atoms with Gasteiger partial charge in [-0.15, -0.1) is 0 Å². The molecule has 6 rings (SSSR count). The van der Waals surface area contributed by atoms with Crippen LogP contribution in [0.25, 0.3) is 0 Å². The normalized spacial score (nSPS) is 22.6. The summed E-state index contributed by atoms with van der Waals surface area (Å²) in [4.78, 5) is 12.7. The van der Waals surface area contributed by atoms with Gasteiger partial charge in [-0.2, -0.15) is 0 Å². The second-order valence-corrected chi connectivity index (χ2v) is 8.95. The maximum atomic E-state index is 12.7. The van der Waals surface area contributed by atoms with Gasteiger partial charge >= 0.3 is 5.97 Å². The Bertz CT molecular complexity index is 1270. The number of hydrogen-bond acceptors (Lipinski definition) is 9. The van der Waals surface area contributed by atoms with Crippen molar-refractivity contribution in [3.8, 4) is 28.7 Å². The van der Waals surface area contributed by atoms with Crippen molar-refractivity contribution in [2.75, 3.05) is 40.5 Å². The molecule has 2 heterocycles. The van der Waals surface area contributed by atoms with E-state index < -0.39 is 12.0 Å². The summed E-state index contributed by atoms with van der Waals surface area (Å²) in [6.45, 7) is 0.289. The zero-order chi connectivity index (χ0) is 26.1. The largest absolute Gasteiger partial charge is 0.493 e. The molecule has 3 aliphatic rings. The molecule has 1 fully saturated rings. The summed E-state index contributed by atoms with van der Waals surface area (Å²) in [6, 6.07) is 16.8. The molecular weight excluding hydrogens is 478 g/mol. The Hall–Kier alpha value is -4.11. The number of aliphatic hydroxyl groups is 1. The third kappa shape index (κ3) is 4.35. The Morgan fingerprint density at radius 2 is 1.49 bits per heavy atom. The van der Waals surface area contributed by atoms with E-state index >= 15 is 0 Å². The van der Waals surface area contributed by atoms with Gasteiger partial charge in [0.15, 0.2) is 23.0 Å². The van der Waals surface area contributed by atoms with E-state index in [0.717, 1.165) is 16.8 Å². The molecule has 2 aliphatic heterocycles. The van der Waals surface area contributed by atoms with Crippen molar-refractivity contribution in [3.63, 3.8) is 0 Å². The molecule has 0 saturated carbocycles. The number of nitrogens with two attached hydrogens (primary N) is 1. The molecular formula is C28H29NO8. The molecule has 0 unspecified atom stereocenters. The number of fused-ring (bicyclic) bond motifs is 3. The van der Waals surface area contributed by atoms with Gasteiger partial charge in [-0.05, 0) is 53.1 Å². The van der Waals surface area contributed by atoms with E-state index in [-0.39, 0.29) is 31.2 Å². The standard InChI is InChI=1S/C22H22O8.C6H7N/c1-25-16-4-10(5-17(26-2)21(16)27-3)18-11-6-14-15(30-9-29-14)7-12(11)20(23)13-8-28-22(24)19(13)18;7-6-4-2-1-3-5-6/h4-7,13,18-20,23H,8-9H2,1-3H3;1-5H,7H2/t13-,18+,19-,20-;/m0./s1. The Labute approximate surface area is 214 Å². The van der Waals surface area contributed by atoms with Gasteiger partial charge in [0.1, 0.15) is 0 Å². The van der Waals surface area contributed by atoms with Gasteiger partial charge in [0.25, 0.3) is 0 Å². The Balaban J connectivity index is 0.000000348. The van der Waals surface area contributed by atoms with Crippen molar-refractivity contribution < 1.29 is 38.3 Å². The minimum absolute atomic E-state index is 0.123. The number of carbonyl (C=O) groups is 1. The lowest BCUT2D eigenvalue weighted by molar-refractivity contribution is -0.141. The first-order valence-corrected chi connectivity index (χ1v) is 11.8. The molecule has 0 radical (unpaired) electrons. The van der Waals surface area contributed by atoms with Crippen molar-refractivity contribution in [3.05, 3.63) is 71.3 Å². The van der Waals surface area contributed by atoms with Gasteiger partial charge in [0, 0.05) is 17.5 Å². The summed E-state index contributed by atoms with van der Waals surface area (Å²) in [5.74, 6) is 0.989. The molecule has 0 spiro atoms. The summed E-state index contributed by atoms with van der Waals surface area (Å²) in [5.41, 5.74) is 8.47. The average molecular weight is 508 g/mol. The number of nitrogen functional groups attached to an aromatic ring is 1. The van der Waals surface area contributed by atoms with Crippen LogP contribution in [0.4, 0.5) is 5.69 Å². The second-order valence-electron chi connectivity index (χ2n) is 8.95. The lowest BCUT2D eigenvalue weighted by Crippen LogP contribution is -2.34. The quantitative estimate of drug-likeness (QED) is 0.403. The smallest absolute Gasteiger partial charge is 0.310 e. The summed E-state index contributed by atoms with van der Waals surface area (Å²) in [6.07, 6.45) is -0.843. The van der Waals surface area contributed by atoms with Crippen LogP contribution in [-0.4, -0.2) is 45.8 Å². The molecule has 0 aromatic heterocycles. The van der Waals surface area contributed by atoms with Crippen LogP contribution in [0, 0.1) is 11.8 Å². The fourth-order valence-electron chi connectivity index (χ4n) is 5.27. The van der Waals surface area contributed by atoms with Crippen molar-refractivity contribution >= 4 is 11.7 Å². The van der Waals surface area contributed by atoms with E-state index in [9.17, 15) is 9.90 Å². The number of carbonyl (C=O) groups excluding carboxylic acids is 1. The third-order valence-electron chi connectivity index (χ3n) is 6.99. The molecule has 1 aliphatic carbocycles. The lowest BCUT2D eigenvalue weighted by atomic mass is 9.66.